The molecule has 0 aromatic carbocycles. The van der Waals surface area contributed by atoms with E-state index < -0.39 is 6.10 Å². The Kier molecular flexibility index (Phi) is 32.4. The third kappa shape index (κ3) is 35.4. The molecule has 0 radical (unpaired) electrons. The molecule has 0 aromatic heterocycles. The molecule has 0 spiro atoms. The van der Waals surface area contributed by atoms with Crippen LogP contribution in [0.4, 0.5) is 0 Å². The van der Waals surface area contributed by atoms with Gasteiger partial charge in [0, 0.05) is 12.8 Å². The highest BCUT2D eigenvalue weighted by molar-refractivity contribution is 5.69. The summed E-state index contributed by atoms with van der Waals surface area (Å²) in [5, 5.41) is 9.99. The van der Waals surface area contributed by atoms with E-state index in [1.54, 1.807) is 0 Å². The van der Waals surface area contributed by atoms with Crippen LogP contribution in [-0.2, 0) is 19.1 Å². The number of carbonyl (C=O) groups is 2. The summed E-state index contributed by atoms with van der Waals surface area (Å²) in [6, 6.07) is 0. The Hall–Kier alpha value is -1.10. The zero-order valence-corrected chi connectivity index (χ0v) is 30.0. The van der Waals surface area contributed by atoms with E-state index >= 15 is 0 Å². The predicted octanol–water partition coefficient (Wildman–Crippen LogP) is 11.7. The van der Waals surface area contributed by atoms with Gasteiger partial charge in [-0.05, 0) is 24.7 Å². The van der Waals surface area contributed by atoms with Crippen LogP contribution in [-0.4, -0.2) is 36.4 Å². The fourth-order valence-electron chi connectivity index (χ4n) is 5.75. The van der Waals surface area contributed by atoms with Crippen LogP contribution in [0.2, 0.25) is 0 Å². The molecule has 5 heteroatoms. The number of aliphatic hydroxyl groups excluding tert-OH is 1. The highest BCUT2D eigenvalue weighted by Crippen LogP contribution is 2.16. The van der Waals surface area contributed by atoms with Crippen LogP contribution in [0.3, 0.4) is 0 Å². The molecule has 0 fully saturated rings. The molecule has 5 nitrogen and oxygen atoms in total. The molecule has 0 aromatic rings. The molecule has 0 bridgehead atoms. The molecule has 44 heavy (non-hydrogen) atoms. The van der Waals surface area contributed by atoms with Gasteiger partial charge < -0.3 is 14.6 Å². The highest BCUT2D eigenvalue weighted by atomic mass is 16.6. The van der Waals surface area contributed by atoms with Gasteiger partial charge in [0.1, 0.15) is 19.3 Å². The molecule has 0 unspecified atom stereocenters. The van der Waals surface area contributed by atoms with Gasteiger partial charge in [0.2, 0.25) is 0 Å². The van der Waals surface area contributed by atoms with Crippen molar-refractivity contribution in [2.24, 2.45) is 11.8 Å². The SMILES string of the molecule is CC(C)CCCCCCCCCCCCCCCCCCC(=O)OC[C@@H](O)COC(=O)CCCCCCCCCCC(C)C. The summed E-state index contributed by atoms with van der Waals surface area (Å²) in [4.78, 5) is 23.9. The van der Waals surface area contributed by atoms with Crippen molar-refractivity contribution in [2.75, 3.05) is 13.2 Å². The van der Waals surface area contributed by atoms with E-state index in [0.29, 0.717) is 12.8 Å². The second-order valence-corrected chi connectivity index (χ2v) is 14.4. The largest absolute Gasteiger partial charge is 0.463 e. The normalized spacial score (nSPS) is 12.2. The summed E-state index contributed by atoms with van der Waals surface area (Å²) < 4.78 is 10.3. The zero-order chi connectivity index (χ0) is 32.5. The van der Waals surface area contributed by atoms with Crippen molar-refractivity contribution >= 4 is 11.9 Å². The Morgan fingerprint density at radius 1 is 0.409 bits per heavy atom. The Labute approximate surface area is 274 Å². The number of esters is 2. The van der Waals surface area contributed by atoms with Gasteiger partial charge in [0.05, 0.1) is 0 Å². The first-order valence-electron chi connectivity index (χ1n) is 19.3. The minimum absolute atomic E-state index is 0.109. The number of ether oxygens (including phenoxy) is 2. The van der Waals surface area contributed by atoms with Gasteiger partial charge in [-0.1, -0.05) is 182 Å². The molecule has 1 N–H and O–H groups in total. The van der Waals surface area contributed by atoms with E-state index in [2.05, 4.69) is 27.7 Å². The van der Waals surface area contributed by atoms with E-state index in [-0.39, 0.29) is 25.2 Å². The van der Waals surface area contributed by atoms with Gasteiger partial charge in [-0.15, -0.1) is 0 Å². The highest BCUT2D eigenvalue weighted by Gasteiger charge is 2.12. The predicted molar refractivity (Wildman–Crippen MR) is 187 cm³/mol. The van der Waals surface area contributed by atoms with Gasteiger partial charge in [0.25, 0.3) is 0 Å². The zero-order valence-electron chi connectivity index (χ0n) is 30.0. The Morgan fingerprint density at radius 2 is 0.636 bits per heavy atom. The first kappa shape index (κ1) is 42.9. The van der Waals surface area contributed by atoms with Gasteiger partial charge in [-0.3, -0.25) is 9.59 Å². The summed E-state index contributed by atoms with van der Waals surface area (Å²) >= 11 is 0. The van der Waals surface area contributed by atoms with Crippen molar-refractivity contribution in [3.8, 4) is 0 Å². The fourth-order valence-corrected chi connectivity index (χ4v) is 5.75. The summed E-state index contributed by atoms with van der Waals surface area (Å²) in [6.45, 7) is 8.99. The Morgan fingerprint density at radius 3 is 0.886 bits per heavy atom. The molecular weight excluding hydrogens is 548 g/mol. The summed E-state index contributed by atoms with van der Waals surface area (Å²) in [7, 11) is 0. The van der Waals surface area contributed by atoms with Crippen LogP contribution < -0.4 is 0 Å². The molecule has 0 saturated heterocycles. The standard InChI is InChI=1S/C39H76O5/c1-35(2)29-25-21-17-13-11-9-7-5-6-8-10-12-14-19-23-27-31-38(41)43-33-37(40)34-44-39(42)32-28-24-20-16-15-18-22-26-30-36(3)4/h35-37,40H,5-34H2,1-4H3/t37-/m1/s1. The minimum atomic E-state index is -0.956. The van der Waals surface area contributed by atoms with Crippen molar-refractivity contribution in [3.63, 3.8) is 0 Å². The van der Waals surface area contributed by atoms with Crippen molar-refractivity contribution in [1.82, 2.24) is 0 Å². The van der Waals surface area contributed by atoms with Crippen molar-refractivity contribution < 1.29 is 24.2 Å². The Balaban J connectivity index is 3.37. The maximum atomic E-state index is 12.0. The lowest BCUT2D eigenvalue weighted by atomic mass is 10.0. The van der Waals surface area contributed by atoms with E-state index in [1.807, 2.05) is 0 Å². The molecule has 1 atom stereocenters. The molecule has 262 valence electrons. The molecule has 0 amide bonds. The third-order valence-corrected chi connectivity index (χ3v) is 8.70. The van der Waals surface area contributed by atoms with E-state index in [0.717, 1.165) is 43.9 Å². The molecule has 0 aliphatic rings. The molecular formula is C39H76O5. The number of hydrogen-bond donors (Lipinski definition) is 1. The third-order valence-electron chi connectivity index (χ3n) is 8.70. The maximum Gasteiger partial charge on any atom is 0.305 e. The summed E-state index contributed by atoms with van der Waals surface area (Å²) in [5.41, 5.74) is 0. The lowest BCUT2D eigenvalue weighted by molar-refractivity contribution is -0.152. The summed E-state index contributed by atoms with van der Waals surface area (Å²) in [5.74, 6) is 1.11. The van der Waals surface area contributed by atoms with Gasteiger partial charge in [0.15, 0.2) is 0 Å². The smallest absolute Gasteiger partial charge is 0.305 e. The van der Waals surface area contributed by atoms with Gasteiger partial charge in [-0.25, -0.2) is 0 Å². The van der Waals surface area contributed by atoms with E-state index in [4.69, 9.17) is 9.47 Å². The average Bonchev–Trinajstić information content (AvgIpc) is 2.98. The van der Waals surface area contributed by atoms with Crippen LogP contribution in [0.1, 0.15) is 207 Å². The quantitative estimate of drug-likeness (QED) is 0.0569. The summed E-state index contributed by atoms with van der Waals surface area (Å²) in [6.07, 6.45) is 33.1. The fraction of sp³-hybridized carbons (Fsp3) is 0.949. The van der Waals surface area contributed by atoms with Crippen molar-refractivity contribution in [2.45, 2.75) is 214 Å². The maximum absolute atomic E-state index is 12.0. The topological polar surface area (TPSA) is 72.8 Å². The first-order chi connectivity index (χ1) is 21.3. The number of unbranched alkanes of at least 4 members (excludes halogenated alkanes) is 22. The number of rotatable bonds is 34. The molecule has 0 aliphatic carbocycles. The van der Waals surface area contributed by atoms with Crippen molar-refractivity contribution in [3.05, 3.63) is 0 Å². The van der Waals surface area contributed by atoms with Gasteiger partial charge in [-0.2, -0.15) is 0 Å². The van der Waals surface area contributed by atoms with Crippen LogP contribution in [0.15, 0.2) is 0 Å². The number of aliphatic hydroxyl groups is 1. The second kappa shape index (κ2) is 33.3. The average molecular weight is 625 g/mol. The number of carbonyl (C=O) groups excluding carboxylic acids is 2. The Bertz CT molecular complexity index is 618. The van der Waals surface area contributed by atoms with Crippen LogP contribution >= 0.6 is 0 Å². The minimum Gasteiger partial charge on any atom is -0.463 e. The second-order valence-electron chi connectivity index (χ2n) is 14.4. The van der Waals surface area contributed by atoms with Crippen LogP contribution in [0.25, 0.3) is 0 Å². The molecule has 0 saturated carbocycles. The van der Waals surface area contributed by atoms with Crippen LogP contribution in [0.5, 0.6) is 0 Å². The lowest BCUT2D eigenvalue weighted by Gasteiger charge is -2.12. The van der Waals surface area contributed by atoms with E-state index in [1.165, 1.54) is 135 Å². The molecule has 0 heterocycles. The molecule has 0 rings (SSSR count). The lowest BCUT2D eigenvalue weighted by Crippen LogP contribution is -2.25. The van der Waals surface area contributed by atoms with Crippen molar-refractivity contribution in [1.29, 1.82) is 0 Å². The van der Waals surface area contributed by atoms with E-state index in [9.17, 15) is 14.7 Å². The first-order valence-corrected chi connectivity index (χ1v) is 19.3. The van der Waals surface area contributed by atoms with Gasteiger partial charge >= 0.3 is 11.9 Å². The monoisotopic (exact) mass is 625 g/mol. The molecule has 0 aliphatic heterocycles. The van der Waals surface area contributed by atoms with Crippen LogP contribution in [0, 0.1) is 11.8 Å². The number of hydrogen-bond acceptors (Lipinski definition) is 5.